The number of rotatable bonds is 3. The quantitative estimate of drug-likeness (QED) is 0.723. The van der Waals surface area contributed by atoms with Crippen molar-refractivity contribution < 1.29 is 0 Å². The molecule has 6 heteroatoms. The Hall–Kier alpha value is -1.10. The van der Waals surface area contributed by atoms with E-state index in [0.29, 0.717) is 10.0 Å². The minimum Gasteiger partial charge on any atom is -0.258 e. The lowest BCUT2D eigenvalue weighted by molar-refractivity contribution is 0.821. The number of hydrogen-bond donors (Lipinski definition) is 0. The zero-order valence-corrected chi connectivity index (χ0v) is 14.7. The van der Waals surface area contributed by atoms with Crippen molar-refractivity contribution in [2.45, 2.75) is 32.6 Å². The first-order valence-electron chi connectivity index (χ1n) is 7.42. The summed E-state index contributed by atoms with van der Waals surface area (Å²) < 4.78 is 1.93. The van der Waals surface area contributed by atoms with Gasteiger partial charge in [0.05, 0.1) is 10.7 Å². The third-order valence-corrected chi connectivity index (χ3v) is 5.01. The molecule has 22 heavy (non-hydrogen) atoms. The standard InChI is InChI=1S/C16H17Cl2N3S/c1-2-19-16-21(20-12-5-3-4-6-12)15(10-22-16)13-8-7-11(17)9-14(13)18/h7-10H,2-6H2,1H3. The van der Waals surface area contributed by atoms with Gasteiger partial charge >= 0.3 is 0 Å². The summed E-state index contributed by atoms with van der Waals surface area (Å²) in [6.07, 6.45) is 4.59. The molecule has 1 saturated carbocycles. The van der Waals surface area contributed by atoms with Crippen LogP contribution in [0, 0.1) is 0 Å². The molecule has 1 aliphatic rings. The lowest BCUT2D eigenvalue weighted by atomic mass is 10.2. The minimum atomic E-state index is 0.633. The summed E-state index contributed by atoms with van der Waals surface area (Å²) in [5, 5.41) is 8.16. The van der Waals surface area contributed by atoms with Crippen molar-refractivity contribution in [1.29, 1.82) is 0 Å². The van der Waals surface area contributed by atoms with Crippen LogP contribution >= 0.6 is 34.5 Å². The monoisotopic (exact) mass is 353 g/mol. The zero-order chi connectivity index (χ0) is 15.5. The molecule has 0 unspecified atom stereocenters. The predicted octanol–water partition coefficient (Wildman–Crippen LogP) is 5.22. The van der Waals surface area contributed by atoms with Crippen molar-refractivity contribution in [1.82, 2.24) is 4.68 Å². The van der Waals surface area contributed by atoms with Crippen LogP contribution in [0.4, 0.5) is 0 Å². The van der Waals surface area contributed by atoms with Gasteiger partial charge in [0, 0.05) is 28.2 Å². The lowest BCUT2D eigenvalue weighted by Crippen LogP contribution is -2.14. The van der Waals surface area contributed by atoms with E-state index >= 15 is 0 Å². The van der Waals surface area contributed by atoms with E-state index in [2.05, 4.69) is 10.4 Å². The SMILES string of the molecule is CCN=c1scc(-c2ccc(Cl)cc2Cl)n1N=C1CCCC1. The van der Waals surface area contributed by atoms with Crippen LogP contribution in [0.2, 0.25) is 10.0 Å². The summed E-state index contributed by atoms with van der Waals surface area (Å²) in [6.45, 7) is 2.76. The van der Waals surface area contributed by atoms with Crippen LogP contribution in [-0.4, -0.2) is 16.9 Å². The molecule has 0 spiro atoms. The number of nitrogens with zero attached hydrogens (tertiary/aromatic N) is 3. The molecule has 0 radical (unpaired) electrons. The van der Waals surface area contributed by atoms with E-state index in [1.807, 2.05) is 23.7 Å². The van der Waals surface area contributed by atoms with Crippen molar-refractivity contribution in [3.8, 4) is 11.3 Å². The summed E-state index contributed by atoms with van der Waals surface area (Å²) in [6, 6.07) is 5.55. The number of thiazole rings is 1. The maximum absolute atomic E-state index is 6.37. The van der Waals surface area contributed by atoms with Crippen LogP contribution in [0.25, 0.3) is 11.3 Å². The van der Waals surface area contributed by atoms with Crippen LogP contribution in [0.15, 0.2) is 33.7 Å². The minimum absolute atomic E-state index is 0.633. The molecule has 3 nitrogen and oxygen atoms in total. The van der Waals surface area contributed by atoms with E-state index in [-0.39, 0.29) is 0 Å². The Labute approximate surface area is 143 Å². The van der Waals surface area contributed by atoms with Gasteiger partial charge in [-0.25, -0.2) is 4.68 Å². The highest BCUT2D eigenvalue weighted by Crippen LogP contribution is 2.31. The average molecular weight is 354 g/mol. The number of hydrogen-bond acceptors (Lipinski definition) is 3. The third-order valence-electron chi connectivity index (χ3n) is 3.61. The van der Waals surface area contributed by atoms with Crippen LogP contribution in [0.5, 0.6) is 0 Å². The van der Waals surface area contributed by atoms with Crippen molar-refractivity contribution >= 4 is 40.3 Å². The van der Waals surface area contributed by atoms with Gasteiger partial charge in [-0.2, -0.15) is 5.10 Å². The Morgan fingerprint density at radius 2 is 2.00 bits per heavy atom. The highest BCUT2D eigenvalue weighted by molar-refractivity contribution is 7.07. The fourth-order valence-electron chi connectivity index (χ4n) is 2.55. The number of halogens is 2. The first-order chi connectivity index (χ1) is 10.7. The second-order valence-electron chi connectivity index (χ2n) is 5.19. The molecule has 1 aromatic heterocycles. The molecular formula is C16H17Cl2N3S. The molecule has 3 rings (SSSR count). The van der Waals surface area contributed by atoms with Gasteiger partial charge in [-0.05, 0) is 50.8 Å². The van der Waals surface area contributed by atoms with Crippen LogP contribution in [-0.2, 0) is 0 Å². The molecule has 1 aliphatic carbocycles. The first kappa shape index (κ1) is 15.8. The highest BCUT2D eigenvalue weighted by Gasteiger charge is 2.14. The maximum Gasteiger partial charge on any atom is 0.206 e. The Morgan fingerprint density at radius 1 is 1.23 bits per heavy atom. The Kier molecular flexibility index (Phi) is 5.01. The topological polar surface area (TPSA) is 29.6 Å². The van der Waals surface area contributed by atoms with E-state index < -0.39 is 0 Å². The fraction of sp³-hybridized carbons (Fsp3) is 0.375. The molecule has 2 aromatic rings. The first-order valence-corrected chi connectivity index (χ1v) is 9.05. The molecule has 0 atom stereocenters. The maximum atomic E-state index is 6.37. The summed E-state index contributed by atoms with van der Waals surface area (Å²) in [5.41, 5.74) is 3.14. The van der Waals surface area contributed by atoms with E-state index in [1.165, 1.54) is 18.6 Å². The van der Waals surface area contributed by atoms with Crippen molar-refractivity contribution in [2.75, 3.05) is 6.54 Å². The second kappa shape index (κ2) is 6.99. The third kappa shape index (κ3) is 3.29. The Balaban J connectivity index is 2.15. The molecule has 0 bridgehead atoms. The Morgan fingerprint density at radius 3 is 2.68 bits per heavy atom. The van der Waals surface area contributed by atoms with E-state index in [9.17, 15) is 0 Å². The van der Waals surface area contributed by atoms with E-state index in [0.717, 1.165) is 35.4 Å². The normalized spacial score (nSPS) is 15.6. The molecule has 0 amide bonds. The zero-order valence-electron chi connectivity index (χ0n) is 12.4. The average Bonchev–Trinajstić information content (AvgIpc) is 3.12. The molecule has 116 valence electrons. The van der Waals surface area contributed by atoms with Crippen molar-refractivity contribution in [3.05, 3.63) is 38.4 Å². The molecule has 0 saturated heterocycles. The van der Waals surface area contributed by atoms with Gasteiger partial charge in [0.2, 0.25) is 4.80 Å². The van der Waals surface area contributed by atoms with Crippen LogP contribution in [0.3, 0.4) is 0 Å². The van der Waals surface area contributed by atoms with Crippen molar-refractivity contribution in [3.63, 3.8) is 0 Å². The van der Waals surface area contributed by atoms with Crippen molar-refractivity contribution in [2.24, 2.45) is 10.1 Å². The molecule has 1 aromatic carbocycles. The van der Waals surface area contributed by atoms with Crippen LogP contribution in [0.1, 0.15) is 32.6 Å². The molecule has 1 heterocycles. The summed E-state index contributed by atoms with van der Waals surface area (Å²) in [5.74, 6) is 0. The van der Waals surface area contributed by atoms with Gasteiger partial charge in [-0.3, -0.25) is 4.99 Å². The number of benzene rings is 1. The molecule has 0 aliphatic heterocycles. The molecule has 1 fully saturated rings. The van der Waals surface area contributed by atoms with Gasteiger partial charge in [0.25, 0.3) is 0 Å². The van der Waals surface area contributed by atoms with Gasteiger partial charge in [-0.15, -0.1) is 11.3 Å². The van der Waals surface area contributed by atoms with Gasteiger partial charge in [0.1, 0.15) is 0 Å². The largest absolute Gasteiger partial charge is 0.258 e. The second-order valence-corrected chi connectivity index (χ2v) is 6.87. The molecule has 0 N–H and O–H groups in total. The summed E-state index contributed by atoms with van der Waals surface area (Å²) in [7, 11) is 0. The highest BCUT2D eigenvalue weighted by atomic mass is 35.5. The summed E-state index contributed by atoms with van der Waals surface area (Å²) >= 11 is 14.0. The molecular weight excluding hydrogens is 337 g/mol. The fourth-order valence-corrected chi connectivity index (χ4v) is 3.94. The lowest BCUT2D eigenvalue weighted by Gasteiger charge is -2.07. The van der Waals surface area contributed by atoms with E-state index in [4.69, 9.17) is 28.3 Å². The smallest absolute Gasteiger partial charge is 0.206 e. The number of aromatic nitrogens is 1. The van der Waals surface area contributed by atoms with E-state index in [1.54, 1.807) is 17.4 Å². The Bertz CT molecular complexity index is 766. The summed E-state index contributed by atoms with van der Waals surface area (Å²) in [4.78, 5) is 5.45. The predicted molar refractivity (Wildman–Crippen MR) is 95.2 cm³/mol. The van der Waals surface area contributed by atoms with Crippen LogP contribution < -0.4 is 4.80 Å². The van der Waals surface area contributed by atoms with Gasteiger partial charge < -0.3 is 0 Å². The van der Waals surface area contributed by atoms with Gasteiger partial charge in [0.15, 0.2) is 0 Å². The van der Waals surface area contributed by atoms with Gasteiger partial charge in [-0.1, -0.05) is 23.2 Å².